The van der Waals surface area contributed by atoms with Crippen molar-refractivity contribution in [2.24, 2.45) is 16.1 Å². The number of aliphatic imine (C=N–C) groups is 1. The van der Waals surface area contributed by atoms with Gasteiger partial charge in [0.15, 0.2) is 11.5 Å². The Morgan fingerprint density at radius 2 is 1.82 bits per heavy atom. The van der Waals surface area contributed by atoms with Crippen molar-refractivity contribution in [1.82, 2.24) is 4.90 Å². The van der Waals surface area contributed by atoms with E-state index in [1.54, 1.807) is 12.0 Å². The van der Waals surface area contributed by atoms with Crippen LogP contribution in [0.1, 0.15) is 79.7 Å². The van der Waals surface area contributed by atoms with Crippen LogP contribution in [0.5, 0.6) is 0 Å². The number of hydrogen-bond donors (Lipinski definition) is 1. The minimum atomic E-state index is -0.918. The van der Waals surface area contributed by atoms with Gasteiger partial charge in [-0.15, -0.1) is 0 Å². The van der Waals surface area contributed by atoms with Crippen LogP contribution in [0.25, 0.3) is 0 Å². The van der Waals surface area contributed by atoms with Crippen LogP contribution in [0.2, 0.25) is 0 Å². The van der Waals surface area contributed by atoms with Crippen molar-refractivity contribution >= 4 is 11.9 Å². The Hall–Kier alpha value is -2.66. The Bertz CT molecular complexity index is 1120. The molecule has 172 valence electrons. The molecule has 2 saturated carbocycles. The highest BCUT2D eigenvalue weighted by Crippen LogP contribution is 2.63. The van der Waals surface area contributed by atoms with E-state index in [2.05, 4.69) is 37.3 Å². The number of benzene rings is 2. The molecule has 2 aromatic rings. The maximum Gasteiger partial charge on any atom is 0.263 e. The number of hydrogen-bond acceptors (Lipinski definition) is 4. The number of rotatable bonds is 4. The van der Waals surface area contributed by atoms with Gasteiger partial charge in [-0.05, 0) is 80.0 Å². The van der Waals surface area contributed by atoms with E-state index in [9.17, 15) is 4.79 Å². The standard InChI is InChI=1S/C28H33N3O2/c1-18(19-6-4-3-5-7-19)31-25(32)28(30-26(31)29)24-16-21(20-8-9-20)10-11-22(24)17-27(28)14-12-23(33-2)13-15-27/h3-7,10-11,16,18,20,23H,8-9,12-15,17H2,1-2H3,(H2,29,30)/t18-,23?,27?,28?/m1/s1. The van der Waals surface area contributed by atoms with Crippen molar-refractivity contribution in [2.75, 3.05) is 7.11 Å². The normalized spacial score (nSPS) is 31.8. The monoisotopic (exact) mass is 443 g/mol. The molecule has 3 aliphatic carbocycles. The molecule has 5 nitrogen and oxygen atoms in total. The van der Waals surface area contributed by atoms with Crippen molar-refractivity contribution in [2.45, 2.75) is 75.5 Å². The molecule has 2 spiro atoms. The zero-order valence-corrected chi connectivity index (χ0v) is 19.6. The highest BCUT2D eigenvalue weighted by atomic mass is 16.5. The van der Waals surface area contributed by atoms with E-state index in [1.807, 2.05) is 18.2 Å². The van der Waals surface area contributed by atoms with E-state index >= 15 is 0 Å². The minimum Gasteiger partial charge on any atom is -0.381 e. The molecule has 0 radical (unpaired) electrons. The Kier molecular flexibility index (Phi) is 4.70. The number of nitrogens with zero attached hydrogens (tertiary/aromatic N) is 2. The summed E-state index contributed by atoms with van der Waals surface area (Å²) in [6.07, 6.45) is 7.39. The number of fused-ring (bicyclic) bond motifs is 3. The van der Waals surface area contributed by atoms with Crippen LogP contribution in [0, 0.1) is 5.41 Å². The predicted octanol–water partition coefficient (Wildman–Crippen LogP) is 4.81. The molecule has 0 aromatic heterocycles. The van der Waals surface area contributed by atoms with E-state index in [0.29, 0.717) is 11.9 Å². The summed E-state index contributed by atoms with van der Waals surface area (Å²) in [6.45, 7) is 2.06. The van der Waals surface area contributed by atoms with Crippen molar-refractivity contribution in [3.8, 4) is 0 Å². The Balaban J connectivity index is 1.47. The fourth-order valence-electron chi connectivity index (χ4n) is 6.78. The van der Waals surface area contributed by atoms with Gasteiger partial charge in [0.2, 0.25) is 0 Å². The predicted molar refractivity (Wildman–Crippen MR) is 129 cm³/mol. The summed E-state index contributed by atoms with van der Waals surface area (Å²) in [4.78, 5) is 21.4. The van der Waals surface area contributed by atoms with Gasteiger partial charge < -0.3 is 10.5 Å². The fraction of sp³-hybridized carbons (Fsp3) is 0.500. The summed E-state index contributed by atoms with van der Waals surface area (Å²) in [5.41, 5.74) is 10.3. The number of methoxy groups -OCH3 is 1. The van der Waals surface area contributed by atoms with Crippen LogP contribution >= 0.6 is 0 Å². The van der Waals surface area contributed by atoms with Crippen molar-refractivity contribution < 1.29 is 9.53 Å². The molecule has 4 aliphatic rings. The smallest absolute Gasteiger partial charge is 0.263 e. The summed E-state index contributed by atoms with van der Waals surface area (Å²) < 4.78 is 5.69. The topological polar surface area (TPSA) is 67.9 Å². The van der Waals surface area contributed by atoms with Crippen LogP contribution in [0.4, 0.5) is 0 Å². The first kappa shape index (κ1) is 20.9. The highest BCUT2D eigenvalue weighted by Gasteiger charge is 2.67. The molecule has 6 rings (SSSR count). The Morgan fingerprint density at radius 3 is 2.48 bits per heavy atom. The molecule has 2 aromatic carbocycles. The molecule has 1 heterocycles. The number of carbonyl (C=O) groups is 1. The third kappa shape index (κ3) is 2.94. The van der Waals surface area contributed by atoms with Gasteiger partial charge in [0.1, 0.15) is 0 Å². The summed E-state index contributed by atoms with van der Waals surface area (Å²) in [5.74, 6) is 1.04. The molecule has 2 N–H and O–H groups in total. The molecule has 2 atom stereocenters. The molecule has 5 heteroatoms. The maximum atomic E-state index is 14.5. The van der Waals surface area contributed by atoms with Gasteiger partial charge in [-0.25, -0.2) is 4.99 Å². The number of carbonyl (C=O) groups excluding carboxylic acids is 1. The molecular formula is C28H33N3O2. The fourth-order valence-corrected chi connectivity index (χ4v) is 6.78. The SMILES string of the molecule is COC1CCC2(CC1)Cc1ccc(C3CC3)cc1C21N=C(N)N([C@H](C)c2ccccc2)C1=O. The van der Waals surface area contributed by atoms with Crippen LogP contribution < -0.4 is 5.73 Å². The van der Waals surface area contributed by atoms with E-state index in [0.717, 1.165) is 43.2 Å². The second kappa shape index (κ2) is 7.42. The lowest BCUT2D eigenvalue weighted by Crippen LogP contribution is -2.52. The molecule has 33 heavy (non-hydrogen) atoms. The molecule has 1 aliphatic heterocycles. The van der Waals surface area contributed by atoms with E-state index in [-0.39, 0.29) is 23.5 Å². The molecule has 0 bridgehead atoms. The molecule has 1 unspecified atom stereocenters. The second-order valence-corrected chi connectivity index (χ2v) is 10.5. The van der Waals surface area contributed by atoms with Gasteiger partial charge >= 0.3 is 0 Å². The van der Waals surface area contributed by atoms with Crippen molar-refractivity contribution in [3.63, 3.8) is 0 Å². The lowest BCUT2D eigenvalue weighted by atomic mass is 9.61. The first-order valence-electron chi connectivity index (χ1n) is 12.4. The number of nitrogens with two attached hydrogens (primary N) is 1. The largest absolute Gasteiger partial charge is 0.381 e. The number of amides is 1. The third-order valence-corrected chi connectivity index (χ3v) is 8.82. The quantitative estimate of drug-likeness (QED) is 0.737. The van der Waals surface area contributed by atoms with Crippen LogP contribution in [-0.4, -0.2) is 30.0 Å². The van der Waals surface area contributed by atoms with Gasteiger partial charge in [0.25, 0.3) is 5.91 Å². The first-order chi connectivity index (χ1) is 16.0. The minimum absolute atomic E-state index is 0.0546. The van der Waals surface area contributed by atoms with E-state index in [4.69, 9.17) is 15.5 Å². The average Bonchev–Trinajstić information content (AvgIpc) is 3.61. The zero-order chi connectivity index (χ0) is 22.8. The van der Waals surface area contributed by atoms with Crippen molar-refractivity contribution in [1.29, 1.82) is 0 Å². The van der Waals surface area contributed by atoms with Gasteiger partial charge in [0.05, 0.1) is 12.1 Å². The molecule has 2 fully saturated rings. The summed E-state index contributed by atoms with van der Waals surface area (Å²) >= 11 is 0. The Labute approximate surface area is 196 Å². The maximum absolute atomic E-state index is 14.5. The van der Waals surface area contributed by atoms with E-state index < -0.39 is 5.54 Å². The van der Waals surface area contributed by atoms with Crippen LogP contribution in [-0.2, 0) is 21.5 Å². The summed E-state index contributed by atoms with van der Waals surface area (Å²) in [7, 11) is 1.80. The average molecular weight is 444 g/mol. The van der Waals surface area contributed by atoms with Crippen LogP contribution in [0.3, 0.4) is 0 Å². The Morgan fingerprint density at radius 1 is 1.09 bits per heavy atom. The molecule has 0 saturated heterocycles. The van der Waals surface area contributed by atoms with Crippen molar-refractivity contribution in [3.05, 3.63) is 70.8 Å². The van der Waals surface area contributed by atoms with Crippen LogP contribution in [0.15, 0.2) is 53.5 Å². The van der Waals surface area contributed by atoms with E-state index in [1.165, 1.54) is 24.0 Å². The second-order valence-electron chi connectivity index (χ2n) is 10.5. The number of ether oxygens (including phenoxy) is 1. The summed E-state index contributed by atoms with van der Waals surface area (Å²) in [6, 6.07) is 16.8. The lowest BCUT2D eigenvalue weighted by molar-refractivity contribution is -0.139. The third-order valence-electron chi connectivity index (χ3n) is 8.82. The van der Waals surface area contributed by atoms with Gasteiger partial charge in [-0.2, -0.15) is 0 Å². The molecular weight excluding hydrogens is 410 g/mol. The molecule has 1 amide bonds. The number of guanidine groups is 1. The first-order valence-corrected chi connectivity index (χ1v) is 12.4. The van der Waals surface area contributed by atoms with Gasteiger partial charge in [0, 0.05) is 12.5 Å². The zero-order valence-electron chi connectivity index (χ0n) is 19.6. The highest BCUT2D eigenvalue weighted by molar-refractivity contribution is 6.08. The summed E-state index contributed by atoms with van der Waals surface area (Å²) in [5, 5.41) is 0. The lowest BCUT2D eigenvalue weighted by Gasteiger charge is -2.45. The van der Waals surface area contributed by atoms with Gasteiger partial charge in [-0.1, -0.05) is 48.5 Å². The van der Waals surface area contributed by atoms with Gasteiger partial charge in [-0.3, -0.25) is 9.69 Å².